The number of nitrogens with two attached hydrogens (primary N) is 1. The first-order valence-corrected chi connectivity index (χ1v) is 5.26. The van der Waals surface area contributed by atoms with Crippen LogP contribution < -0.4 is 10.5 Å². The molecule has 2 aromatic heterocycles. The number of benzene rings is 1. The second kappa shape index (κ2) is 3.99. The van der Waals surface area contributed by atoms with Crippen molar-refractivity contribution >= 4 is 11.3 Å². The lowest BCUT2D eigenvalue weighted by Gasteiger charge is -2.08. The molecule has 0 aliphatic rings. The molecule has 0 aliphatic heterocycles. The molecule has 6 heteroatoms. The van der Waals surface area contributed by atoms with Gasteiger partial charge in [-0.2, -0.15) is 10.1 Å². The number of nitrogens with zero attached hydrogens (tertiary/aromatic N) is 3. The monoisotopic (exact) mass is 244 g/mol. The Morgan fingerprint density at radius 3 is 2.94 bits per heavy atom. The molecule has 0 fully saturated rings. The van der Waals surface area contributed by atoms with Gasteiger partial charge in [-0.25, -0.2) is 8.91 Å². The Morgan fingerprint density at radius 2 is 2.11 bits per heavy atom. The minimum absolute atomic E-state index is 0.0196. The number of para-hydroxylation sites is 1. The molecule has 0 atom stereocenters. The van der Waals surface area contributed by atoms with Gasteiger partial charge in [-0.3, -0.25) is 0 Å². The molecule has 3 rings (SSSR count). The van der Waals surface area contributed by atoms with Crippen molar-refractivity contribution in [2.45, 2.75) is 0 Å². The van der Waals surface area contributed by atoms with Crippen LogP contribution in [0.2, 0.25) is 0 Å². The maximum Gasteiger partial charge on any atom is 0.223 e. The molecule has 2 heterocycles. The number of aromatic nitrogens is 3. The van der Waals surface area contributed by atoms with E-state index in [-0.39, 0.29) is 17.3 Å². The van der Waals surface area contributed by atoms with Crippen LogP contribution in [0.25, 0.3) is 5.65 Å². The Hall–Kier alpha value is -2.63. The first-order chi connectivity index (χ1) is 8.74. The predicted octanol–water partition coefficient (Wildman–Crippen LogP) is 2.24. The molecular formula is C12H9FN4O. The third-order valence-corrected chi connectivity index (χ3v) is 2.44. The second-order valence-electron chi connectivity index (χ2n) is 3.66. The van der Waals surface area contributed by atoms with Crippen LogP contribution in [-0.4, -0.2) is 14.6 Å². The summed E-state index contributed by atoms with van der Waals surface area (Å²) in [6, 6.07) is 7.67. The smallest absolute Gasteiger partial charge is 0.223 e. The summed E-state index contributed by atoms with van der Waals surface area (Å²) in [6.07, 6.45) is 3.29. The lowest BCUT2D eigenvalue weighted by atomic mass is 10.3. The number of hydrogen-bond donors (Lipinski definition) is 1. The molecule has 5 nitrogen and oxygen atoms in total. The summed E-state index contributed by atoms with van der Waals surface area (Å²) in [5.41, 5.74) is 6.49. The number of fused-ring (bicyclic) bond motifs is 1. The van der Waals surface area contributed by atoms with Crippen molar-refractivity contribution in [1.29, 1.82) is 0 Å². The van der Waals surface area contributed by atoms with E-state index in [4.69, 9.17) is 10.5 Å². The molecule has 0 bridgehead atoms. The van der Waals surface area contributed by atoms with Crippen LogP contribution in [0.4, 0.5) is 10.1 Å². The molecule has 1 aromatic carbocycles. The summed E-state index contributed by atoms with van der Waals surface area (Å²) in [5.74, 6) is -0.279. The molecule has 0 amide bonds. The third-order valence-electron chi connectivity index (χ3n) is 2.44. The quantitative estimate of drug-likeness (QED) is 0.702. The van der Waals surface area contributed by atoms with Gasteiger partial charge in [-0.1, -0.05) is 6.07 Å². The van der Waals surface area contributed by atoms with Gasteiger partial charge in [0.1, 0.15) is 0 Å². The van der Waals surface area contributed by atoms with E-state index in [0.717, 1.165) is 0 Å². The zero-order valence-electron chi connectivity index (χ0n) is 9.25. The maximum absolute atomic E-state index is 13.5. The van der Waals surface area contributed by atoms with E-state index >= 15 is 0 Å². The Bertz CT molecular complexity index is 690. The zero-order chi connectivity index (χ0) is 12.5. The van der Waals surface area contributed by atoms with E-state index in [1.165, 1.54) is 12.1 Å². The molecule has 18 heavy (non-hydrogen) atoms. The maximum atomic E-state index is 13.5. The fourth-order valence-electron chi connectivity index (χ4n) is 1.59. The van der Waals surface area contributed by atoms with Crippen molar-refractivity contribution in [3.8, 4) is 11.6 Å². The average Bonchev–Trinajstić information content (AvgIpc) is 2.81. The largest absolute Gasteiger partial charge is 0.434 e. The summed E-state index contributed by atoms with van der Waals surface area (Å²) in [7, 11) is 0. The topological polar surface area (TPSA) is 65.4 Å². The van der Waals surface area contributed by atoms with Gasteiger partial charge < -0.3 is 10.5 Å². The fourth-order valence-corrected chi connectivity index (χ4v) is 1.59. The third kappa shape index (κ3) is 1.73. The highest BCUT2D eigenvalue weighted by Gasteiger charge is 2.09. The molecule has 0 aliphatic carbocycles. The van der Waals surface area contributed by atoms with Gasteiger partial charge in [0.2, 0.25) is 5.88 Å². The van der Waals surface area contributed by atoms with Crippen LogP contribution in [0.5, 0.6) is 11.6 Å². The molecule has 0 spiro atoms. The summed E-state index contributed by atoms with van der Waals surface area (Å²) in [5, 5.41) is 4.00. The molecule has 90 valence electrons. The lowest BCUT2D eigenvalue weighted by Crippen LogP contribution is -1.97. The van der Waals surface area contributed by atoms with Gasteiger partial charge in [0.15, 0.2) is 17.2 Å². The number of anilines is 1. The Morgan fingerprint density at radius 1 is 1.22 bits per heavy atom. The van der Waals surface area contributed by atoms with E-state index in [1.54, 1.807) is 35.1 Å². The van der Waals surface area contributed by atoms with Crippen LogP contribution in [0.1, 0.15) is 0 Å². The second-order valence-corrected chi connectivity index (χ2v) is 3.66. The van der Waals surface area contributed by atoms with Gasteiger partial charge in [-0.15, -0.1) is 0 Å². The van der Waals surface area contributed by atoms with Crippen molar-refractivity contribution in [3.63, 3.8) is 0 Å². The SMILES string of the molecule is Nc1cccc(F)c1Oc1ccn2nccc2n1. The van der Waals surface area contributed by atoms with Crippen molar-refractivity contribution < 1.29 is 9.13 Å². The first kappa shape index (κ1) is 10.5. The van der Waals surface area contributed by atoms with Gasteiger partial charge in [-0.05, 0) is 12.1 Å². The van der Waals surface area contributed by atoms with Gasteiger partial charge in [0.25, 0.3) is 0 Å². The Balaban J connectivity index is 2.00. The molecule has 0 saturated heterocycles. The summed E-state index contributed by atoms with van der Waals surface area (Å²) >= 11 is 0. The fraction of sp³-hybridized carbons (Fsp3) is 0. The summed E-state index contributed by atoms with van der Waals surface area (Å²) in [4.78, 5) is 4.17. The van der Waals surface area contributed by atoms with Gasteiger partial charge in [0.05, 0.1) is 11.9 Å². The lowest BCUT2D eigenvalue weighted by molar-refractivity contribution is 0.430. The minimum atomic E-state index is -0.523. The average molecular weight is 244 g/mol. The van der Waals surface area contributed by atoms with E-state index < -0.39 is 5.82 Å². The van der Waals surface area contributed by atoms with Crippen LogP contribution in [0.15, 0.2) is 42.7 Å². The standard InChI is InChI=1S/C12H9FN4O/c13-8-2-1-3-9(14)12(8)18-11-5-7-17-10(16-11)4-6-15-17/h1-7H,14H2. The zero-order valence-corrected chi connectivity index (χ0v) is 9.25. The number of rotatable bonds is 2. The summed E-state index contributed by atoms with van der Waals surface area (Å²) in [6.45, 7) is 0. The van der Waals surface area contributed by atoms with Crippen molar-refractivity contribution in [3.05, 3.63) is 48.5 Å². The van der Waals surface area contributed by atoms with Crippen molar-refractivity contribution in [1.82, 2.24) is 14.6 Å². The normalized spacial score (nSPS) is 10.7. The van der Waals surface area contributed by atoms with E-state index in [2.05, 4.69) is 10.1 Å². The number of hydrogen-bond acceptors (Lipinski definition) is 4. The highest BCUT2D eigenvalue weighted by Crippen LogP contribution is 2.29. The van der Waals surface area contributed by atoms with E-state index in [9.17, 15) is 4.39 Å². The van der Waals surface area contributed by atoms with Crippen molar-refractivity contribution in [2.75, 3.05) is 5.73 Å². The van der Waals surface area contributed by atoms with Gasteiger partial charge in [0, 0.05) is 18.3 Å². The van der Waals surface area contributed by atoms with E-state index in [0.29, 0.717) is 5.65 Å². The Labute approximate surface area is 102 Å². The minimum Gasteiger partial charge on any atom is -0.434 e. The number of halogens is 1. The molecular weight excluding hydrogens is 235 g/mol. The molecule has 2 N–H and O–H groups in total. The highest BCUT2D eigenvalue weighted by atomic mass is 19.1. The molecule has 0 unspecified atom stereocenters. The van der Waals surface area contributed by atoms with Crippen LogP contribution in [0, 0.1) is 5.82 Å². The van der Waals surface area contributed by atoms with Crippen LogP contribution in [0.3, 0.4) is 0 Å². The Kier molecular flexibility index (Phi) is 2.33. The molecule has 3 aromatic rings. The molecule has 0 radical (unpaired) electrons. The number of ether oxygens (including phenoxy) is 1. The van der Waals surface area contributed by atoms with Crippen LogP contribution >= 0.6 is 0 Å². The van der Waals surface area contributed by atoms with E-state index in [1.807, 2.05) is 0 Å². The highest BCUT2D eigenvalue weighted by molar-refractivity contribution is 5.54. The first-order valence-electron chi connectivity index (χ1n) is 5.26. The van der Waals surface area contributed by atoms with Crippen LogP contribution in [-0.2, 0) is 0 Å². The molecule has 0 saturated carbocycles. The van der Waals surface area contributed by atoms with Crippen molar-refractivity contribution in [2.24, 2.45) is 0 Å². The predicted molar refractivity (Wildman–Crippen MR) is 63.9 cm³/mol. The number of nitrogen functional groups attached to an aromatic ring is 1. The summed E-state index contributed by atoms with van der Waals surface area (Å²) < 4.78 is 20.5. The van der Waals surface area contributed by atoms with Gasteiger partial charge >= 0.3 is 0 Å².